The van der Waals surface area contributed by atoms with Crippen molar-refractivity contribution in [3.63, 3.8) is 0 Å². The average molecular weight is 378 g/mol. The topological polar surface area (TPSA) is 85.9 Å². The molecule has 2 unspecified atom stereocenters. The van der Waals surface area contributed by atoms with Crippen LogP contribution in [0.15, 0.2) is 47.8 Å². The Morgan fingerprint density at radius 2 is 1.89 bits per heavy atom. The quantitative estimate of drug-likeness (QED) is 0.691. The Labute approximate surface area is 161 Å². The van der Waals surface area contributed by atoms with Gasteiger partial charge in [-0.15, -0.1) is 5.10 Å². The van der Waals surface area contributed by atoms with Crippen molar-refractivity contribution in [2.45, 2.75) is 56.8 Å². The van der Waals surface area contributed by atoms with E-state index < -0.39 is 0 Å². The van der Waals surface area contributed by atoms with E-state index in [1.54, 1.807) is 23.2 Å². The third kappa shape index (κ3) is 2.89. The second-order valence-corrected chi connectivity index (χ2v) is 7.70. The molecule has 144 valence electrons. The summed E-state index contributed by atoms with van der Waals surface area (Å²) < 4.78 is 3.47. The van der Waals surface area contributed by atoms with Gasteiger partial charge < -0.3 is 4.90 Å². The summed E-state index contributed by atoms with van der Waals surface area (Å²) in [5, 5.41) is 8.63. The maximum absolute atomic E-state index is 13.0. The van der Waals surface area contributed by atoms with E-state index in [2.05, 4.69) is 20.2 Å². The SMILES string of the molecule is O=C(CCn1cnc2ccccc2c1=O)N1C2CCC1CC(n1ccnn1)C2. The van der Waals surface area contributed by atoms with Crippen LogP contribution in [0.2, 0.25) is 0 Å². The second kappa shape index (κ2) is 6.85. The van der Waals surface area contributed by atoms with Gasteiger partial charge in [-0.2, -0.15) is 0 Å². The molecule has 2 atom stereocenters. The van der Waals surface area contributed by atoms with E-state index in [1.165, 1.54) is 0 Å². The van der Waals surface area contributed by atoms with Gasteiger partial charge in [0.05, 0.1) is 29.5 Å². The summed E-state index contributed by atoms with van der Waals surface area (Å²) in [5.74, 6) is 0.129. The molecule has 28 heavy (non-hydrogen) atoms. The molecule has 4 heterocycles. The molecule has 2 aliphatic rings. The maximum atomic E-state index is 13.0. The summed E-state index contributed by atoms with van der Waals surface area (Å²) in [4.78, 5) is 32.0. The molecular formula is C20H22N6O2. The van der Waals surface area contributed by atoms with Gasteiger partial charge in [0.1, 0.15) is 0 Å². The van der Waals surface area contributed by atoms with E-state index in [9.17, 15) is 9.59 Å². The van der Waals surface area contributed by atoms with Crippen LogP contribution in [-0.4, -0.2) is 47.4 Å². The molecule has 2 aliphatic heterocycles. The zero-order valence-electron chi connectivity index (χ0n) is 15.5. The van der Waals surface area contributed by atoms with E-state index in [0.717, 1.165) is 25.7 Å². The van der Waals surface area contributed by atoms with Gasteiger partial charge >= 0.3 is 0 Å². The van der Waals surface area contributed by atoms with Crippen LogP contribution < -0.4 is 5.56 Å². The Morgan fingerprint density at radius 3 is 2.64 bits per heavy atom. The fourth-order valence-corrected chi connectivity index (χ4v) is 4.79. The van der Waals surface area contributed by atoms with Crippen LogP contribution in [0, 0.1) is 0 Å². The zero-order valence-corrected chi connectivity index (χ0v) is 15.5. The molecule has 0 radical (unpaired) electrons. The third-order valence-corrected chi connectivity index (χ3v) is 6.11. The minimum absolute atomic E-state index is 0.0914. The number of aryl methyl sites for hydroxylation is 1. The molecule has 2 bridgehead atoms. The van der Waals surface area contributed by atoms with Crippen molar-refractivity contribution in [1.82, 2.24) is 29.4 Å². The van der Waals surface area contributed by atoms with Crippen molar-refractivity contribution in [2.75, 3.05) is 0 Å². The van der Waals surface area contributed by atoms with Crippen LogP contribution in [0.5, 0.6) is 0 Å². The summed E-state index contributed by atoms with van der Waals surface area (Å²) >= 11 is 0. The highest BCUT2D eigenvalue weighted by atomic mass is 16.2. The number of benzene rings is 1. The van der Waals surface area contributed by atoms with Crippen LogP contribution in [0.4, 0.5) is 0 Å². The van der Waals surface area contributed by atoms with Crippen molar-refractivity contribution in [1.29, 1.82) is 0 Å². The zero-order chi connectivity index (χ0) is 19.1. The van der Waals surface area contributed by atoms with Crippen molar-refractivity contribution < 1.29 is 4.79 Å². The van der Waals surface area contributed by atoms with Gasteiger partial charge in [0.15, 0.2) is 0 Å². The monoisotopic (exact) mass is 378 g/mol. The van der Waals surface area contributed by atoms with E-state index in [1.807, 2.05) is 29.1 Å². The van der Waals surface area contributed by atoms with Crippen LogP contribution in [0.25, 0.3) is 10.9 Å². The van der Waals surface area contributed by atoms with Gasteiger partial charge in [0.25, 0.3) is 5.56 Å². The van der Waals surface area contributed by atoms with Crippen molar-refractivity contribution in [2.24, 2.45) is 0 Å². The Morgan fingerprint density at radius 1 is 1.11 bits per heavy atom. The lowest BCUT2D eigenvalue weighted by Gasteiger charge is -2.39. The summed E-state index contributed by atoms with van der Waals surface area (Å²) in [7, 11) is 0. The van der Waals surface area contributed by atoms with Crippen LogP contribution >= 0.6 is 0 Å². The number of rotatable bonds is 4. The first-order chi connectivity index (χ1) is 13.7. The van der Waals surface area contributed by atoms with Crippen molar-refractivity contribution in [3.8, 4) is 0 Å². The van der Waals surface area contributed by atoms with Crippen molar-refractivity contribution >= 4 is 16.8 Å². The first-order valence-electron chi connectivity index (χ1n) is 9.82. The lowest BCUT2D eigenvalue weighted by atomic mass is 9.97. The van der Waals surface area contributed by atoms with Gasteiger partial charge in [-0.3, -0.25) is 14.2 Å². The lowest BCUT2D eigenvalue weighted by Crippen LogP contribution is -2.47. The molecule has 0 N–H and O–H groups in total. The summed E-state index contributed by atoms with van der Waals surface area (Å²) in [6.45, 7) is 0.359. The Bertz CT molecular complexity index is 1050. The number of carbonyl (C=O) groups is 1. The second-order valence-electron chi connectivity index (χ2n) is 7.70. The molecule has 2 saturated heterocycles. The van der Waals surface area contributed by atoms with Gasteiger partial charge in [0.2, 0.25) is 5.91 Å². The Hall–Kier alpha value is -3.03. The highest BCUT2D eigenvalue weighted by molar-refractivity contribution is 5.78. The fourth-order valence-electron chi connectivity index (χ4n) is 4.79. The van der Waals surface area contributed by atoms with E-state index in [0.29, 0.717) is 29.9 Å². The summed E-state index contributed by atoms with van der Waals surface area (Å²) in [6.07, 6.45) is 9.39. The number of piperidine rings is 1. The molecule has 1 aromatic carbocycles. The van der Waals surface area contributed by atoms with E-state index >= 15 is 0 Å². The molecule has 0 saturated carbocycles. The highest BCUT2D eigenvalue weighted by Crippen LogP contribution is 2.40. The first kappa shape index (κ1) is 17.1. The maximum Gasteiger partial charge on any atom is 0.261 e. The Balaban J connectivity index is 1.28. The van der Waals surface area contributed by atoms with Gasteiger partial charge in [-0.1, -0.05) is 17.3 Å². The van der Waals surface area contributed by atoms with E-state index in [4.69, 9.17) is 0 Å². The molecule has 3 aromatic rings. The van der Waals surface area contributed by atoms with Crippen LogP contribution in [0.1, 0.15) is 38.1 Å². The lowest BCUT2D eigenvalue weighted by molar-refractivity contribution is -0.136. The highest BCUT2D eigenvalue weighted by Gasteiger charge is 2.43. The predicted molar refractivity (Wildman–Crippen MR) is 103 cm³/mol. The fraction of sp³-hybridized carbons (Fsp3) is 0.450. The average Bonchev–Trinajstić information content (AvgIpc) is 3.34. The molecule has 8 nitrogen and oxygen atoms in total. The van der Waals surface area contributed by atoms with Crippen molar-refractivity contribution in [3.05, 3.63) is 53.3 Å². The molecule has 5 rings (SSSR count). The number of nitrogens with zero attached hydrogens (tertiary/aromatic N) is 6. The minimum Gasteiger partial charge on any atom is -0.337 e. The van der Waals surface area contributed by atoms with Gasteiger partial charge in [-0.05, 0) is 37.8 Å². The third-order valence-electron chi connectivity index (χ3n) is 6.11. The molecule has 2 fully saturated rings. The van der Waals surface area contributed by atoms with E-state index in [-0.39, 0.29) is 23.6 Å². The number of aromatic nitrogens is 5. The first-order valence-corrected chi connectivity index (χ1v) is 9.82. The summed E-state index contributed by atoms with van der Waals surface area (Å²) in [5.41, 5.74) is 0.592. The van der Waals surface area contributed by atoms with Gasteiger partial charge in [-0.25, -0.2) is 9.67 Å². The minimum atomic E-state index is -0.0914. The molecule has 0 aliphatic carbocycles. The smallest absolute Gasteiger partial charge is 0.261 e. The molecule has 2 aromatic heterocycles. The summed E-state index contributed by atoms with van der Waals surface area (Å²) in [6, 6.07) is 8.12. The van der Waals surface area contributed by atoms with Gasteiger partial charge in [0, 0.05) is 31.2 Å². The molecular weight excluding hydrogens is 356 g/mol. The molecule has 1 amide bonds. The number of amides is 1. The standard InChI is InChI=1S/C20H22N6O2/c27-19(7-9-24-13-21-18-4-2-1-3-17(18)20(24)28)26-14-5-6-15(26)12-16(11-14)25-10-8-22-23-25/h1-4,8,10,13-16H,5-7,9,11-12H2. The Kier molecular flexibility index (Phi) is 4.18. The molecule has 8 heteroatoms. The number of hydrogen-bond acceptors (Lipinski definition) is 5. The molecule has 0 spiro atoms. The normalized spacial score (nSPS) is 24.0. The van der Waals surface area contributed by atoms with Crippen LogP contribution in [-0.2, 0) is 11.3 Å². The number of hydrogen-bond donors (Lipinski definition) is 0. The number of para-hydroxylation sites is 1. The largest absolute Gasteiger partial charge is 0.337 e. The predicted octanol–water partition coefficient (Wildman–Crippen LogP) is 1.77. The number of fused-ring (bicyclic) bond motifs is 3. The number of carbonyl (C=O) groups excluding carboxylic acids is 1. The van der Waals surface area contributed by atoms with Crippen LogP contribution in [0.3, 0.4) is 0 Å².